The van der Waals surface area contributed by atoms with Gasteiger partial charge in [0.15, 0.2) is 0 Å². The third-order valence-corrected chi connectivity index (χ3v) is 2.11. The number of carbonyl (C=O) groups excluding carboxylic acids is 2. The van der Waals surface area contributed by atoms with Gasteiger partial charge in [0.2, 0.25) is 0 Å². The van der Waals surface area contributed by atoms with Gasteiger partial charge in [-0.05, 0) is 24.6 Å². The highest BCUT2D eigenvalue weighted by Gasteiger charge is 2.03. The lowest BCUT2D eigenvalue weighted by Gasteiger charge is -2.05. The molecule has 1 rings (SSSR count). The number of hydrogen-bond acceptors (Lipinski definition) is 4. The van der Waals surface area contributed by atoms with E-state index in [4.69, 9.17) is 10.5 Å². The van der Waals surface area contributed by atoms with Crippen molar-refractivity contribution in [3.63, 3.8) is 0 Å². The molecule has 18 heavy (non-hydrogen) atoms. The standard InChI is InChI=1S/C13H15NO4/c1-9(2)12(15)17-8-7-10-3-5-11(6-4-10)18-13(14)16/h3-6H,1,7-8H2,2H3,(H2,14,16). The molecular formula is C13H15NO4. The smallest absolute Gasteiger partial charge is 0.409 e. The van der Waals surface area contributed by atoms with E-state index < -0.39 is 12.1 Å². The molecule has 0 aliphatic carbocycles. The van der Waals surface area contributed by atoms with E-state index in [1.807, 2.05) is 0 Å². The molecule has 0 aliphatic rings. The van der Waals surface area contributed by atoms with Gasteiger partial charge in [-0.2, -0.15) is 0 Å². The minimum atomic E-state index is -0.849. The van der Waals surface area contributed by atoms with Crippen LogP contribution in [0.1, 0.15) is 12.5 Å². The monoisotopic (exact) mass is 249 g/mol. The summed E-state index contributed by atoms with van der Waals surface area (Å²) in [6.07, 6.45) is -0.270. The van der Waals surface area contributed by atoms with Crippen molar-refractivity contribution in [2.45, 2.75) is 13.3 Å². The fourth-order valence-electron chi connectivity index (χ4n) is 1.23. The third kappa shape index (κ3) is 4.69. The van der Waals surface area contributed by atoms with Crippen molar-refractivity contribution in [3.05, 3.63) is 42.0 Å². The van der Waals surface area contributed by atoms with Gasteiger partial charge in [-0.15, -0.1) is 0 Å². The number of carbonyl (C=O) groups is 2. The first-order chi connectivity index (χ1) is 8.49. The van der Waals surface area contributed by atoms with Crippen molar-refractivity contribution in [2.24, 2.45) is 5.73 Å². The highest BCUT2D eigenvalue weighted by molar-refractivity contribution is 5.86. The maximum absolute atomic E-state index is 11.1. The van der Waals surface area contributed by atoms with Gasteiger partial charge in [0.1, 0.15) is 5.75 Å². The quantitative estimate of drug-likeness (QED) is 0.637. The number of esters is 1. The van der Waals surface area contributed by atoms with E-state index in [1.54, 1.807) is 31.2 Å². The molecule has 96 valence electrons. The fraction of sp³-hybridized carbons (Fsp3) is 0.231. The van der Waals surface area contributed by atoms with Gasteiger partial charge in [-0.1, -0.05) is 18.7 Å². The van der Waals surface area contributed by atoms with Crippen LogP contribution in [0.25, 0.3) is 0 Å². The number of amides is 1. The Morgan fingerprint density at radius 3 is 2.39 bits per heavy atom. The maximum atomic E-state index is 11.1. The molecule has 0 unspecified atom stereocenters. The van der Waals surface area contributed by atoms with Crippen molar-refractivity contribution in [3.8, 4) is 5.75 Å². The molecule has 0 aromatic heterocycles. The number of hydrogen-bond donors (Lipinski definition) is 1. The first kappa shape index (κ1) is 13.8. The molecule has 0 bridgehead atoms. The predicted octanol–water partition coefficient (Wildman–Crippen LogP) is 1.81. The highest BCUT2D eigenvalue weighted by atomic mass is 16.5. The molecule has 1 amide bonds. The number of benzene rings is 1. The molecule has 0 atom stereocenters. The van der Waals surface area contributed by atoms with E-state index in [0.29, 0.717) is 17.7 Å². The Labute approximate surface area is 105 Å². The molecule has 0 heterocycles. The summed E-state index contributed by atoms with van der Waals surface area (Å²) >= 11 is 0. The molecule has 5 heteroatoms. The van der Waals surface area contributed by atoms with Crippen LogP contribution in [0.2, 0.25) is 0 Å². The molecule has 1 aromatic rings. The molecule has 0 aliphatic heterocycles. The van der Waals surface area contributed by atoms with Gasteiger partial charge in [-0.25, -0.2) is 9.59 Å². The Hall–Kier alpha value is -2.30. The van der Waals surface area contributed by atoms with E-state index >= 15 is 0 Å². The Balaban J connectivity index is 2.42. The fourth-order valence-corrected chi connectivity index (χ4v) is 1.23. The van der Waals surface area contributed by atoms with Crippen molar-refractivity contribution < 1.29 is 19.1 Å². The minimum Gasteiger partial charge on any atom is -0.462 e. The van der Waals surface area contributed by atoms with Crippen LogP contribution in [0.4, 0.5) is 4.79 Å². The Morgan fingerprint density at radius 2 is 1.89 bits per heavy atom. The summed E-state index contributed by atoms with van der Waals surface area (Å²) in [6, 6.07) is 6.79. The van der Waals surface area contributed by atoms with Crippen LogP contribution in [0.15, 0.2) is 36.4 Å². The van der Waals surface area contributed by atoms with Crippen LogP contribution in [-0.4, -0.2) is 18.7 Å². The number of nitrogens with two attached hydrogens (primary N) is 1. The zero-order chi connectivity index (χ0) is 13.5. The van der Waals surface area contributed by atoms with Crippen molar-refractivity contribution in [1.29, 1.82) is 0 Å². The average Bonchev–Trinajstić information content (AvgIpc) is 2.30. The number of primary amides is 1. The highest BCUT2D eigenvalue weighted by Crippen LogP contribution is 2.12. The lowest BCUT2D eigenvalue weighted by molar-refractivity contribution is -0.138. The van der Waals surface area contributed by atoms with Crippen molar-refractivity contribution in [2.75, 3.05) is 6.61 Å². The summed E-state index contributed by atoms with van der Waals surface area (Å²) in [5.74, 6) is -0.0196. The van der Waals surface area contributed by atoms with E-state index in [0.717, 1.165) is 5.56 Å². The van der Waals surface area contributed by atoms with Crippen LogP contribution in [0, 0.1) is 0 Å². The largest absolute Gasteiger partial charge is 0.462 e. The van der Waals surface area contributed by atoms with Gasteiger partial charge in [0, 0.05) is 12.0 Å². The average molecular weight is 249 g/mol. The van der Waals surface area contributed by atoms with Crippen LogP contribution >= 0.6 is 0 Å². The predicted molar refractivity (Wildman–Crippen MR) is 66.1 cm³/mol. The van der Waals surface area contributed by atoms with E-state index in [-0.39, 0.29) is 6.61 Å². The molecule has 0 fully saturated rings. The summed E-state index contributed by atoms with van der Waals surface area (Å²) in [6.45, 7) is 5.36. The first-order valence-electron chi connectivity index (χ1n) is 5.38. The normalized spacial score (nSPS) is 9.61. The second kappa shape index (κ2) is 6.44. The maximum Gasteiger partial charge on any atom is 0.409 e. The van der Waals surface area contributed by atoms with Crippen LogP contribution in [0.5, 0.6) is 5.75 Å². The molecule has 0 saturated carbocycles. The zero-order valence-corrected chi connectivity index (χ0v) is 10.1. The second-order valence-corrected chi connectivity index (χ2v) is 3.73. The summed E-state index contributed by atoms with van der Waals surface area (Å²) in [5, 5.41) is 0. The molecule has 0 radical (unpaired) electrons. The third-order valence-electron chi connectivity index (χ3n) is 2.11. The van der Waals surface area contributed by atoms with Crippen LogP contribution in [0.3, 0.4) is 0 Å². The molecule has 5 nitrogen and oxygen atoms in total. The zero-order valence-electron chi connectivity index (χ0n) is 10.1. The SMILES string of the molecule is C=C(C)C(=O)OCCc1ccc(OC(N)=O)cc1. The lowest BCUT2D eigenvalue weighted by Crippen LogP contribution is -2.16. The summed E-state index contributed by atoms with van der Waals surface area (Å²) in [4.78, 5) is 21.6. The second-order valence-electron chi connectivity index (χ2n) is 3.73. The van der Waals surface area contributed by atoms with E-state index in [9.17, 15) is 9.59 Å². The lowest BCUT2D eigenvalue weighted by atomic mass is 10.1. The summed E-state index contributed by atoms with van der Waals surface area (Å²) in [7, 11) is 0. The van der Waals surface area contributed by atoms with E-state index in [1.165, 1.54) is 0 Å². The van der Waals surface area contributed by atoms with Gasteiger partial charge in [0.05, 0.1) is 6.61 Å². The summed E-state index contributed by atoms with van der Waals surface area (Å²) < 4.78 is 9.64. The van der Waals surface area contributed by atoms with Crippen molar-refractivity contribution >= 4 is 12.1 Å². The molecule has 1 aromatic carbocycles. The molecule has 0 spiro atoms. The van der Waals surface area contributed by atoms with E-state index in [2.05, 4.69) is 11.3 Å². The van der Waals surface area contributed by atoms with Crippen molar-refractivity contribution in [1.82, 2.24) is 0 Å². The number of ether oxygens (including phenoxy) is 2. The number of rotatable bonds is 5. The summed E-state index contributed by atoms with van der Waals surface area (Å²) in [5.41, 5.74) is 6.21. The molecule has 0 saturated heterocycles. The Bertz CT molecular complexity index is 451. The topological polar surface area (TPSA) is 78.6 Å². The van der Waals surface area contributed by atoms with Gasteiger partial charge >= 0.3 is 12.1 Å². The van der Waals surface area contributed by atoms with Crippen LogP contribution < -0.4 is 10.5 Å². The van der Waals surface area contributed by atoms with Gasteiger partial charge in [0.25, 0.3) is 0 Å². The minimum absolute atomic E-state index is 0.279. The Morgan fingerprint density at radius 1 is 1.28 bits per heavy atom. The van der Waals surface area contributed by atoms with Gasteiger partial charge < -0.3 is 15.2 Å². The first-order valence-corrected chi connectivity index (χ1v) is 5.38. The van der Waals surface area contributed by atoms with Crippen LogP contribution in [-0.2, 0) is 16.0 Å². The molecule has 2 N–H and O–H groups in total. The van der Waals surface area contributed by atoms with Gasteiger partial charge in [-0.3, -0.25) is 0 Å². The molecular weight excluding hydrogens is 234 g/mol. The Kier molecular flexibility index (Phi) is 4.92.